The molecule has 2 aromatic carbocycles. The lowest BCUT2D eigenvalue weighted by Gasteiger charge is -2.12. The standard InChI is InChI=1S/C12H14N4/c13-15-16-14-12-9-5-4-8-11(12)10-6-2-1-3-7-10/h1-9,14-16H,13H2. The predicted octanol–water partition coefficient (Wildman–Crippen LogP) is 1.65. The van der Waals surface area contributed by atoms with E-state index in [1.807, 2.05) is 36.4 Å². The zero-order chi connectivity index (χ0) is 11.2. The van der Waals surface area contributed by atoms with Crippen molar-refractivity contribution in [3.05, 3.63) is 54.6 Å². The van der Waals surface area contributed by atoms with Crippen LogP contribution in [0, 0.1) is 0 Å². The number of nitrogens with one attached hydrogen (secondary N) is 3. The van der Waals surface area contributed by atoms with E-state index in [1.165, 1.54) is 0 Å². The van der Waals surface area contributed by atoms with Crippen molar-refractivity contribution >= 4 is 5.69 Å². The zero-order valence-electron chi connectivity index (χ0n) is 8.77. The second kappa shape index (κ2) is 5.27. The van der Waals surface area contributed by atoms with Gasteiger partial charge in [0, 0.05) is 5.56 Å². The summed E-state index contributed by atoms with van der Waals surface area (Å²) in [5.74, 6) is 5.14. The minimum Gasteiger partial charge on any atom is -0.307 e. The van der Waals surface area contributed by atoms with Crippen LogP contribution in [0.25, 0.3) is 11.1 Å². The average molecular weight is 214 g/mol. The second-order valence-electron chi connectivity index (χ2n) is 3.31. The molecule has 0 aromatic heterocycles. The fourth-order valence-electron chi connectivity index (χ4n) is 1.56. The molecule has 0 atom stereocenters. The van der Waals surface area contributed by atoms with E-state index in [0.717, 1.165) is 16.8 Å². The summed E-state index contributed by atoms with van der Waals surface area (Å²) < 4.78 is 0. The van der Waals surface area contributed by atoms with Gasteiger partial charge in [-0.25, -0.2) is 0 Å². The summed E-state index contributed by atoms with van der Waals surface area (Å²) in [4.78, 5) is 0. The quantitative estimate of drug-likeness (QED) is 0.461. The highest BCUT2D eigenvalue weighted by Gasteiger charge is 2.02. The molecule has 0 saturated carbocycles. The van der Waals surface area contributed by atoms with Gasteiger partial charge in [0.1, 0.15) is 0 Å². The fraction of sp³-hybridized carbons (Fsp3) is 0. The van der Waals surface area contributed by atoms with Crippen LogP contribution in [0.4, 0.5) is 5.69 Å². The van der Waals surface area contributed by atoms with Crippen molar-refractivity contribution in [1.82, 2.24) is 11.1 Å². The molecule has 0 fully saturated rings. The highest BCUT2D eigenvalue weighted by atomic mass is 15.7. The van der Waals surface area contributed by atoms with Crippen molar-refractivity contribution < 1.29 is 0 Å². The van der Waals surface area contributed by atoms with Crippen LogP contribution in [0.5, 0.6) is 0 Å². The molecule has 0 aliphatic carbocycles. The van der Waals surface area contributed by atoms with Crippen molar-refractivity contribution in [2.75, 3.05) is 5.43 Å². The summed E-state index contributed by atoms with van der Waals surface area (Å²) in [5, 5.41) is 0. The Morgan fingerprint density at radius 2 is 1.50 bits per heavy atom. The Hall–Kier alpha value is -1.88. The molecule has 0 unspecified atom stereocenters. The maximum absolute atomic E-state index is 5.14. The van der Waals surface area contributed by atoms with E-state index in [1.54, 1.807) is 0 Å². The summed E-state index contributed by atoms with van der Waals surface area (Å²) in [6.45, 7) is 0. The van der Waals surface area contributed by atoms with Crippen LogP contribution >= 0.6 is 0 Å². The minimum absolute atomic E-state index is 0.964. The summed E-state index contributed by atoms with van der Waals surface area (Å²) in [5.41, 5.74) is 11.2. The van der Waals surface area contributed by atoms with E-state index in [2.05, 4.69) is 34.7 Å². The molecule has 4 heteroatoms. The summed E-state index contributed by atoms with van der Waals surface area (Å²) in [6, 6.07) is 18.2. The number of hydrazine groups is 3. The summed E-state index contributed by atoms with van der Waals surface area (Å²) in [7, 11) is 0. The largest absolute Gasteiger partial charge is 0.307 e. The molecule has 0 bridgehead atoms. The maximum atomic E-state index is 5.14. The van der Waals surface area contributed by atoms with Crippen molar-refractivity contribution in [1.29, 1.82) is 0 Å². The van der Waals surface area contributed by atoms with Crippen LogP contribution in [0.3, 0.4) is 0 Å². The smallest absolute Gasteiger partial charge is 0.0579 e. The normalized spacial score (nSPS) is 10.1. The number of hydrogen-bond donors (Lipinski definition) is 4. The lowest BCUT2D eigenvalue weighted by Crippen LogP contribution is -2.41. The molecule has 2 rings (SSSR count). The first-order chi connectivity index (χ1) is 7.92. The SMILES string of the molecule is NNNNc1ccccc1-c1ccccc1. The molecule has 0 aliphatic heterocycles. The molecule has 0 spiro atoms. The van der Waals surface area contributed by atoms with E-state index in [4.69, 9.17) is 5.84 Å². The van der Waals surface area contributed by atoms with Gasteiger partial charge in [-0.3, -0.25) is 5.84 Å². The molecule has 5 N–H and O–H groups in total. The Kier molecular flexibility index (Phi) is 3.50. The van der Waals surface area contributed by atoms with Gasteiger partial charge < -0.3 is 5.43 Å². The lowest BCUT2D eigenvalue weighted by molar-refractivity contribution is 0.622. The Labute approximate surface area is 94.4 Å². The Morgan fingerprint density at radius 3 is 2.25 bits per heavy atom. The van der Waals surface area contributed by atoms with E-state index in [-0.39, 0.29) is 0 Å². The van der Waals surface area contributed by atoms with Gasteiger partial charge in [-0.15, -0.1) is 0 Å². The molecule has 4 nitrogen and oxygen atoms in total. The Morgan fingerprint density at radius 1 is 0.812 bits per heavy atom. The number of benzene rings is 2. The summed E-state index contributed by atoms with van der Waals surface area (Å²) in [6.07, 6.45) is 0. The molecule has 0 amide bonds. The van der Waals surface area contributed by atoms with Crippen LogP contribution in [-0.2, 0) is 0 Å². The first-order valence-corrected chi connectivity index (χ1v) is 5.03. The van der Waals surface area contributed by atoms with E-state index >= 15 is 0 Å². The molecule has 0 aliphatic rings. The van der Waals surface area contributed by atoms with Gasteiger partial charge >= 0.3 is 0 Å². The number of nitrogens with two attached hydrogens (primary N) is 1. The van der Waals surface area contributed by atoms with Crippen LogP contribution in [0.2, 0.25) is 0 Å². The van der Waals surface area contributed by atoms with Crippen molar-refractivity contribution in [2.45, 2.75) is 0 Å². The molecule has 0 heterocycles. The van der Waals surface area contributed by atoms with Crippen molar-refractivity contribution in [2.24, 2.45) is 5.84 Å². The van der Waals surface area contributed by atoms with E-state index < -0.39 is 0 Å². The molecule has 0 saturated heterocycles. The van der Waals surface area contributed by atoms with Gasteiger partial charge in [-0.2, -0.15) is 11.1 Å². The van der Waals surface area contributed by atoms with Crippen LogP contribution < -0.4 is 22.3 Å². The van der Waals surface area contributed by atoms with Gasteiger partial charge in [0.2, 0.25) is 0 Å². The minimum atomic E-state index is 0.964. The number of anilines is 1. The van der Waals surface area contributed by atoms with Gasteiger partial charge in [0.25, 0.3) is 0 Å². The highest BCUT2D eigenvalue weighted by Crippen LogP contribution is 2.26. The van der Waals surface area contributed by atoms with Crippen LogP contribution in [-0.4, -0.2) is 0 Å². The number of hydrogen-bond acceptors (Lipinski definition) is 4. The fourth-order valence-corrected chi connectivity index (χ4v) is 1.56. The van der Waals surface area contributed by atoms with Crippen LogP contribution in [0.1, 0.15) is 0 Å². The first kappa shape index (κ1) is 10.6. The van der Waals surface area contributed by atoms with Gasteiger partial charge in [-0.1, -0.05) is 48.5 Å². The zero-order valence-corrected chi connectivity index (χ0v) is 8.77. The topological polar surface area (TPSA) is 62.1 Å². The Bertz CT molecular complexity index is 442. The maximum Gasteiger partial charge on any atom is 0.0579 e. The first-order valence-electron chi connectivity index (χ1n) is 5.03. The highest BCUT2D eigenvalue weighted by molar-refractivity contribution is 5.77. The third kappa shape index (κ3) is 2.38. The van der Waals surface area contributed by atoms with Gasteiger partial charge in [0.15, 0.2) is 0 Å². The molecule has 16 heavy (non-hydrogen) atoms. The van der Waals surface area contributed by atoms with Crippen molar-refractivity contribution in [3.63, 3.8) is 0 Å². The monoisotopic (exact) mass is 214 g/mol. The second-order valence-corrected chi connectivity index (χ2v) is 3.31. The number of para-hydroxylation sites is 1. The van der Waals surface area contributed by atoms with Gasteiger partial charge in [0.05, 0.1) is 5.69 Å². The van der Waals surface area contributed by atoms with Crippen LogP contribution in [0.15, 0.2) is 54.6 Å². The average Bonchev–Trinajstić information content (AvgIpc) is 2.38. The van der Waals surface area contributed by atoms with E-state index in [0.29, 0.717) is 0 Å². The molecule has 82 valence electrons. The third-order valence-corrected chi connectivity index (χ3v) is 2.28. The van der Waals surface area contributed by atoms with Crippen molar-refractivity contribution in [3.8, 4) is 11.1 Å². The number of rotatable bonds is 4. The third-order valence-electron chi connectivity index (χ3n) is 2.28. The Balaban J connectivity index is 2.33. The lowest BCUT2D eigenvalue weighted by atomic mass is 10.0. The summed E-state index contributed by atoms with van der Waals surface area (Å²) >= 11 is 0. The van der Waals surface area contributed by atoms with E-state index in [9.17, 15) is 0 Å². The molecular formula is C12H14N4. The molecule has 2 aromatic rings. The van der Waals surface area contributed by atoms with Gasteiger partial charge in [-0.05, 0) is 11.6 Å². The molecule has 0 radical (unpaired) electrons. The predicted molar refractivity (Wildman–Crippen MR) is 66.0 cm³/mol. The molecular weight excluding hydrogens is 200 g/mol.